The minimum atomic E-state index is 0.235. The highest BCUT2D eigenvalue weighted by Gasteiger charge is 2.10. The summed E-state index contributed by atoms with van der Waals surface area (Å²) in [5.41, 5.74) is 10.0. The second-order valence-electron chi connectivity index (χ2n) is 6.34. The van der Waals surface area contributed by atoms with Crippen LogP contribution in [0, 0.1) is 4.51 Å². The fraction of sp³-hybridized carbons (Fsp3) is 0.333. The summed E-state index contributed by atoms with van der Waals surface area (Å²) in [5.74, 6) is 0.749. The van der Waals surface area contributed by atoms with Crippen molar-refractivity contribution in [2.75, 3.05) is 12.0 Å². The van der Waals surface area contributed by atoms with E-state index in [1.807, 2.05) is 31.5 Å². The lowest BCUT2D eigenvalue weighted by molar-refractivity contribution is 0.951. The first kappa shape index (κ1) is 21.3. The number of rotatable bonds is 8. The number of hydrogen-bond donors (Lipinski definition) is 3. The molecule has 2 aromatic rings. The van der Waals surface area contributed by atoms with Gasteiger partial charge in [-0.1, -0.05) is 62.7 Å². The SMILES string of the molecule is C/C=C\C(=C/C(C)c1ccc2[nH]c(N)c(N=CCCC)c(=S)c2c1)NSC. The first-order chi connectivity index (χ1) is 13.0. The van der Waals surface area contributed by atoms with Crippen LogP contribution < -0.4 is 10.5 Å². The molecular weight excluding hydrogens is 372 g/mol. The van der Waals surface area contributed by atoms with Crippen molar-refractivity contribution in [3.8, 4) is 0 Å². The van der Waals surface area contributed by atoms with E-state index < -0.39 is 0 Å². The summed E-state index contributed by atoms with van der Waals surface area (Å²) in [6.07, 6.45) is 12.2. The number of hydrogen-bond acceptors (Lipinski definition) is 5. The summed E-state index contributed by atoms with van der Waals surface area (Å²) in [6.45, 7) is 6.31. The van der Waals surface area contributed by atoms with Crippen molar-refractivity contribution in [1.82, 2.24) is 9.71 Å². The Morgan fingerprint density at radius 2 is 2.22 bits per heavy atom. The number of anilines is 1. The predicted molar refractivity (Wildman–Crippen MR) is 125 cm³/mol. The lowest BCUT2D eigenvalue weighted by Crippen LogP contribution is -2.02. The average molecular weight is 401 g/mol. The molecule has 0 saturated carbocycles. The van der Waals surface area contributed by atoms with Crippen LogP contribution in [0.15, 0.2) is 47.1 Å². The van der Waals surface area contributed by atoms with Gasteiger partial charge in [-0.3, -0.25) is 4.99 Å². The molecule has 0 fully saturated rings. The standard InChI is InChI=1S/C21H28N4S2/c1-5-7-11-23-19-20(26)17-13-15(9-10-18(17)24-21(19)22)14(3)12-16(8-6-2)25-27-4/h6,8-14,25H,5,7H2,1-4H3,(H3,22,24,26)/b8-6-,16-12+,23-11?. The van der Waals surface area contributed by atoms with Gasteiger partial charge in [0.05, 0.1) is 4.51 Å². The zero-order valence-corrected chi connectivity index (χ0v) is 18.0. The smallest absolute Gasteiger partial charge is 0.128 e. The lowest BCUT2D eigenvalue weighted by Gasteiger charge is -2.12. The second-order valence-corrected chi connectivity index (χ2v) is 7.36. The van der Waals surface area contributed by atoms with Gasteiger partial charge in [0.1, 0.15) is 11.5 Å². The van der Waals surface area contributed by atoms with Crippen molar-refractivity contribution in [2.24, 2.45) is 4.99 Å². The minimum Gasteiger partial charge on any atom is -0.383 e. The van der Waals surface area contributed by atoms with Crippen LogP contribution in [0.2, 0.25) is 0 Å². The third-order valence-electron chi connectivity index (χ3n) is 4.19. The van der Waals surface area contributed by atoms with E-state index >= 15 is 0 Å². The molecule has 0 aliphatic rings. The first-order valence-corrected chi connectivity index (χ1v) is 10.8. The highest BCUT2D eigenvalue weighted by Crippen LogP contribution is 2.30. The van der Waals surface area contributed by atoms with Gasteiger partial charge in [0, 0.05) is 35.0 Å². The summed E-state index contributed by atoms with van der Waals surface area (Å²) in [5, 5.41) is 0.978. The maximum atomic E-state index is 6.14. The Bertz CT molecular complexity index is 926. The highest BCUT2D eigenvalue weighted by atomic mass is 32.2. The molecule has 2 rings (SSSR count). The molecule has 1 atom stereocenters. The van der Waals surface area contributed by atoms with Gasteiger partial charge in [-0.15, -0.1) is 0 Å². The summed E-state index contributed by atoms with van der Waals surface area (Å²) >= 11 is 7.28. The molecule has 4 nitrogen and oxygen atoms in total. The maximum absolute atomic E-state index is 6.14. The number of nitrogens with one attached hydrogen (secondary N) is 2. The molecule has 0 spiro atoms. The number of unbranched alkanes of at least 4 members (excludes halogenated alkanes) is 1. The van der Waals surface area contributed by atoms with Crippen LogP contribution in [0.3, 0.4) is 0 Å². The van der Waals surface area contributed by atoms with Gasteiger partial charge < -0.3 is 15.4 Å². The Hall–Kier alpha value is -2.05. The fourth-order valence-corrected chi connectivity index (χ4v) is 3.50. The van der Waals surface area contributed by atoms with Gasteiger partial charge in [-0.05, 0) is 37.1 Å². The van der Waals surface area contributed by atoms with Crippen molar-refractivity contribution in [2.45, 2.75) is 39.5 Å². The molecule has 0 amide bonds. The molecule has 0 saturated heterocycles. The van der Waals surface area contributed by atoms with Crippen LogP contribution in [0.4, 0.5) is 11.5 Å². The molecular formula is C21H28N4S2. The summed E-state index contributed by atoms with van der Waals surface area (Å²) in [6, 6.07) is 6.29. The van der Waals surface area contributed by atoms with E-state index in [0.29, 0.717) is 16.0 Å². The van der Waals surface area contributed by atoms with E-state index in [2.05, 4.69) is 52.8 Å². The Morgan fingerprint density at radius 3 is 2.89 bits per heavy atom. The number of aromatic amines is 1. The largest absolute Gasteiger partial charge is 0.383 e. The topological polar surface area (TPSA) is 66.2 Å². The lowest BCUT2D eigenvalue weighted by atomic mass is 9.98. The number of fused-ring (bicyclic) bond motifs is 1. The monoisotopic (exact) mass is 400 g/mol. The third-order valence-corrected chi connectivity index (χ3v) is 5.04. The van der Waals surface area contributed by atoms with Crippen LogP contribution in [0.25, 0.3) is 10.9 Å². The van der Waals surface area contributed by atoms with Gasteiger partial charge in [-0.25, -0.2) is 0 Å². The quantitative estimate of drug-likeness (QED) is 0.207. The van der Waals surface area contributed by atoms with E-state index in [-0.39, 0.29) is 5.92 Å². The van der Waals surface area contributed by atoms with Crippen LogP contribution in [-0.2, 0) is 0 Å². The Kier molecular flexibility index (Phi) is 8.13. The highest BCUT2D eigenvalue weighted by molar-refractivity contribution is 7.96. The van der Waals surface area contributed by atoms with Gasteiger partial charge >= 0.3 is 0 Å². The van der Waals surface area contributed by atoms with Gasteiger partial charge in [0.25, 0.3) is 0 Å². The Morgan fingerprint density at radius 1 is 1.44 bits per heavy atom. The molecule has 0 aliphatic carbocycles. The van der Waals surface area contributed by atoms with Gasteiger partial charge in [0.15, 0.2) is 0 Å². The van der Waals surface area contributed by atoms with Crippen molar-refractivity contribution in [1.29, 1.82) is 0 Å². The maximum Gasteiger partial charge on any atom is 0.128 e. The number of nitrogens with two attached hydrogens (primary N) is 1. The first-order valence-electron chi connectivity index (χ1n) is 9.13. The molecule has 0 radical (unpaired) electrons. The summed E-state index contributed by atoms with van der Waals surface area (Å²) in [4.78, 5) is 7.73. The van der Waals surface area contributed by atoms with Crippen LogP contribution in [-0.4, -0.2) is 17.5 Å². The van der Waals surface area contributed by atoms with Crippen LogP contribution in [0.1, 0.15) is 45.1 Å². The zero-order valence-electron chi connectivity index (χ0n) is 16.4. The van der Waals surface area contributed by atoms with Crippen molar-refractivity contribution in [3.05, 3.63) is 52.2 Å². The summed E-state index contributed by atoms with van der Waals surface area (Å²) in [7, 11) is 0. The Balaban J connectivity index is 2.48. The van der Waals surface area contributed by atoms with E-state index in [0.717, 1.165) is 29.4 Å². The number of pyridine rings is 1. The predicted octanol–water partition coefficient (Wildman–Crippen LogP) is 6.41. The molecule has 1 unspecified atom stereocenters. The molecule has 0 aliphatic heterocycles. The molecule has 0 bridgehead atoms. The van der Waals surface area contributed by atoms with Crippen LogP contribution >= 0.6 is 24.2 Å². The third kappa shape index (κ3) is 5.47. The minimum absolute atomic E-state index is 0.235. The second kappa shape index (κ2) is 10.3. The van der Waals surface area contributed by atoms with Crippen molar-refractivity contribution >= 4 is 52.8 Å². The average Bonchev–Trinajstić information content (AvgIpc) is 2.64. The molecule has 144 valence electrons. The molecule has 27 heavy (non-hydrogen) atoms. The van der Waals surface area contributed by atoms with E-state index in [9.17, 15) is 0 Å². The number of H-pyrrole nitrogens is 1. The van der Waals surface area contributed by atoms with E-state index in [1.165, 1.54) is 5.56 Å². The number of benzene rings is 1. The van der Waals surface area contributed by atoms with Crippen molar-refractivity contribution in [3.63, 3.8) is 0 Å². The molecule has 6 heteroatoms. The number of nitrogens with zero attached hydrogens (tertiary/aromatic N) is 1. The normalized spacial score (nSPS) is 13.7. The van der Waals surface area contributed by atoms with E-state index in [4.69, 9.17) is 18.0 Å². The number of allylic oxidation sites excluding steroid dienone is 3. The fourth-order valence-electron chi connectivity index (χ4n) is 2.80. The van der Waals surface area contributed by atoms with Crippen molar-refractivity contribution < 1.29 is 0 Å². The number of aliphatic imine (C=N–C) groups is 1. The number of nitrogen functional groups attached to an aromatic ring is 1. The molecule has 4 N–H and O–H groups in total. The molecule has 1 heterocycles. The summed E-state index contributed by atoms with van der Waals surface area (Å²) < 4.78 is 4.00. The molecule has 1 aromatic carbocycles. The van der Waals surface area contributed by atoms with Crippen LogP contribution in [0.5, 0.6) is 0 Å². The van der Waals surface area contributed by atoms with Gasteiger partial charge in [-0.2, -0.15) is 0 Å². The Labute approximate surface area is 171 Å². The molecule has 1 aromatic heterocycles. The van der Waals surface area contributed by atoms with E-state index in [1.54, 1.807) is 11.9 Å². The van der Waals surface area contributed by atoms with Gasteiger partial charge in [0.2, 0.25) is 0 Å². The zero-order chi connectivity index (χ0) is 19.8. The number of aromatic nitrogens is 1.